The van der Waals surface area contributed by atoms with Gasteiger partial charge in [-0.2, -0.15) is 0 Å². The van der Waals surface area contributed by atoms with E-state index in [2.05, 4.69) is 15.4 Å². The Morgan fingerprint density at radius 2 is 2.20 bits per heavy atom. The molecule has 0 spiro atoms. The first kappa shape index (κ1) is 14.0. The number of halogens is 1. The predicted octanol–water partition coefficient (Wildman–Crippen LogP) is 0.687. The second-order valence-corrected chi connectivity index (χ2v) is 4.38. The molecule has 0 saturated carbocycles. The third kappa shape index (κ3) is 2.93. The van der Waals surface area contributed by atoms with Crippen molar-refractivity contribution in [2.45, 2.75) is 6.42 Å². The molecule has 1 fully saturated rings. The smallest absolute Gasteiger partial charge is 0.340 e. The summed E-state index contributed by atoms with van der Waals surface area (Å²) in [6.07, 6.45) is 0.0978. The maximum absolute atomic E-state index is 13.2. The van der Waals surface area contributed by atoms with Gasteiger partial charge in [0.15, 0.2) is 0 Å². The quantitative estimate of drug-likeness (QED) is 0.798. The van der Waals surface area contributed by atoms with E-state index in [-0.39, 0.29) is 30.1 Å². The number of hydrogen-bond acceptors (Lipinski definition) is 4. The molecule has 1 heterocycles. The second kappa shape index (κ2) is 5.68. The molecule has 1 aromatic rings. The topological polar surface area (TPSA) is 84.5 Å². The lowest BCUT2D eigenvalue weighted by atomic mass is 10.1. The molecule has 0 radical (unpaired) electrons. The first-order valence-electron chi connectivity index (χ1n) is 5.96. The lowest BCUT2D eigenvalue weighted by Crippen LogP contribution is -2.25. The van der Waals surface area contributed by atoms with Crippen LogP contribution < -0.4 is 10.6 Å². The first-order valence-corrected chi connectivity index (χ1v) is 5.96. The van der Waals surface area contributed by atoms with Crippen molar-refractivity contribution >= 4 is 23.5 Å². The lowest BCUT2D eigenvalue weighted by molar-refractivity contribution is -0.123. The third-order valence-electron chi connectivity index (χ3n) is 2.99. The van der Waals surface area contributed by atoms with Crippen LogP contribution in [0.2, 0.25) is 0 Å². The van der Waals surface area contributed by atoms with Crippen molar-refractivity contribution in [2.75, 3.05) is 19.0 Å². The molecular formula is C13H13FN2O4. The van der Waals surface area contributed by atoms with Crippen molar-refractivity contribution in [3.8, 4) is 0 Å². The van der Waals surface area contributed by atoms with Gasteiger partial charge in [-0.05, 0) is 18.2 Å². The van der Waals surface area contributed by atoms with E-state index in [1.54, 1.807) is 0 Å². The number of nitrogens with one attached hydrogen (secondary N) is 2. The highest BCUT2D eigenvalue weighted by molar-refractivity contribution is 6.03. The number of hydrogen-bond donors (Lipinski definition) is 2. The number of rotatable bonds is 3. The molecule has 2 N–H and O–H groups in total. The summed E-state index contributed by atoms with van der Waals surface area (Å²) in [7, 11) is 1.17. The van der Waals surface area contributed by atoms with Gasteiger partial charge in [-0.25, -0.2) is 9.18 Å². The Balaban J connectivity index is 2.18. The minimum Gasteiger partial charge on any atom is -0.465 e. The van der Waals surface area contributed by atoms with Crippen LogP contribution in [-0.4, -0.2) is 31.4 Å². The minimum absolute atomic E-state index is 0.0712. The zero-order valence-electron chi connectivity index (χ0n) is 10.7. The van der Waals surface area contributed by atoms with E-state index < -0.39 is 23.6 Å². The van der Waals surface area contributed by atoms with E-state index in [0.29, 0.717) is 0 Å². The fourth-order valence-electron chi connectivity index (χ4n) is 1.93. The predicted molar refractivity (Wildman–Crippen MR) is 67.5 cm³/mol. The Labute approximate surface area is 114 Å². The van der Waals surface area contributed by atoms with Gasteiger partial charge < -0.3 is 15.4 Å². The van der Waals surface area contributed by atoms with Gasteiger partial charge in [-0.15, -0.1) is 0 Å². The molecule has 106 valence electrons. The van der Waals surface area contributed by atoms with Crippen LogP contribution in [0, 0.1) is 11.7 Å². The lowest BCUT2D eigenvalue weighted by Gasteiger charge is -2.12. The van der Waals surface area contributed by atoms with Gasteiger partial charge >= 0.3 is 5.97 Å². The van der Waals surface area contributed by atoms with Crippen molar-refractivity contribution in [1.82, 2.24) is 5.32 Å². The summed E-state index contributed by atoms with van der Waals surface area (Å²) >= 11 is 0. The van der Waals surface area contributed by atoms with Gasteiger partial charge in [0.2, 0.25) is 11.8 Å². The Kier molecular flexibility index (Phi) is 3.97. The highest BCUT2D eigenvalue weighted by Crippen LogP contribution is 2.20. The molecule has 1 unspecified atom stereocenters. The SMILES string of the molecule is COC(=O)c1cc(F)ccc1NC(=O)C1CNC(=O)C1. The highest BCUT2D eigenvalue weighted by atomic mass is 19.1. The number of ether oxygens (including phenoxy) is 1. The highest BCUT2D eigenvalue weighted by Gasteiger charge is 2.28. The van der Waals surface area contributed by atoms with Crippen LogP contribution in [0.15, 0.2) is 18.2 Å². The number of anilines is 1. The van der Waals surface area contributed by atoms with E-state index in [9.17, 15) is 18.8 Å². The zero-order valence-corrected chi connectivity index (χ0v) is 10.7. The van der Waals surface area contributed by atoms with Crippen LogP contribution in [0.3, 0.4) is 0 Å². The monoisotopic (exact) mass is 280 g/mol. The van der Waals surface area contributed by atoms with Crippen LogP contribution in [0.4, 0.5) is 10.1 Å². The molecule has 6 nitrogen and oxygen atoms in total. The Morgan fingerprint density at radius 1 is 1.45 bits per heavy atom. The largest absolute Gasteiger partial charge is 0.465 e. The fourth-order valence-corrected chi connectivity index (χ4v) is 1.93. The zero-order chi connectivity index (χ0) is 14.7. The molecule has 1 aliphatic rings. The van der Waals surface area contributed by atoms with E-state index in [1.165, 1.54) is 13.2 Å². The van der Waals surface area contributed by atoms with Gasteiger partial charge in [0.25, 0.3) is 0 Å². The summed E-state index contributed by atoms with van der Waals surface area (Å²) < 4.78 is 17.7. The molecule has 1 atom stereocenters. The van der Waals surface area contributed by atoms with E-state index in [0.717, 1.165) is 12.1 Å². The Morgan fingerprint density at radius 3 is 2.80 bits per heavy atom. The molecule has 0 bridgehead atoms. The average molecular weight is 280 g/mol. The molecule has 1 aliphatic heterocycles. The number of esters is 1. The van der Waals surface area contributed by atoms with Crippen LogP contribution in [-0.2, 0) is 14.3 Å². The summed E-state index contributed by atoms with van der Waals surface area (Å²) in [5, 5.41) is 5.06. The normalized spacial score (nSPS) is 17.5. The molecule has 7 heteroatoms. The van der Waals surface area contributed by atoms with Crippen molar-refractivity contribution in [2.24, 2.45) is 5.92 Å². The van der Waals surface area contributed by atoms with Crippen LogP contribution in [0.1, 0.15) is 16.8 Å². The number of methoxy groups -OCH3 is 1. The van der Waals surface area contributed by atoms with Gasteiger partial charge in [0.1, 0.15) is 5.82 Å². The fraction of sp³-hybridized carbons (Fsp3) is 0.308. The average Bonchev–Trinajstić information content (AvgIpc) is 2.86. The van der Waals surface area contributed by atoms with Gasteiger partial charge in [-0.3, -0.25) is 9.59 Å². The van der Waals surface area contributed by atoms with E-state index in [4.69, 9.17) is 0 Å². The summed E-state index contributed by atoms with van der Waals surface area (Å²) in [5.74, 6) is -2.46. The van der Waals surface area contributed by atoms with Crippen LogP contribution >= 0.6 is 0 Å². The third-order valence-corrected chi connectivity index (χ3v) is 2.99. The molecule has 0 aliphatic carbocycles. The van der Waals surface area contributed by atoms with Crippen molar-refractivity contribution in [3.05, 3.63) is 29.6 Å². The summed E-state index contributed by atoms with van der Waals surface area (Å²) in [5.41, 5.74) is 0.0840. The molecule has 20 heavy (non-hydrogen) atoms. The first-order chi connectivity index (χ1) is 9.51. The molecule has 1 aromatic carbocycles. The van der Waals surface area contributed by atoms with Crippen LogP contribution in [0.5, 0.6) is 0 Å². The van der Waals surface area contributed by atoms with Gasteiger partial charge in [-0.1, -0.05) is 0 Å². The summed E-state index contributed by atoms with van der Waals surface area (Å²) in [6, 6.07) is 3.39. The molecular weight excluding hydrogens is 267 g/mol. The molecule has 1 saturated heterocycles. The Hall–Kier alpha value is -2.44. The van der Waals surface area contributed by atoms with Gasteiger partial charge in [0.05, 0.1) is 24.3 Å². The van der Waals surface area contributed by atoms with Gasteiger partial charge in [0, 0.05) is 13.0 Å². The van der Waals surface area contributed by atoms with E-state index >= 15 is 0 Å². The van der Waals surface area contributed by atoms with Crippen molar-refractivity contribution in [3.63, 3.8) is 0 Å². The summed E-state index contributed by atoms with van der Waals surface area (Å²) in [6.45, 7) is 0.249. The second-order valence-electron chi connectivity index (χ2n) is 4.38. The molecule has 0 aromatic heterocycles. The summed E-state index contributed by atoms with van der Waals surface area (Å²) in [4.78, 5) is 34.6. The number of carbonyl (C=O) groups excluding carboxylic acids is 3. The van der Waals surface area contributed by atoms with Crippen LogP contribution in [0.25, 0.3) is 0 Å². The molecule has 2 amide bonds. The number of carbonyl (C=O) groups is 3. The maximum atomic E-state index is 13.2. The van der Waals surface area contributed by atoms with E-state index in [1.807, 2.05) is 0 Å². The molecule has 2 rings (SSSR count). The maximum Gasteiger partial charge on any atom is 0.340 e. The minimum atomic E-state index is -0.750. The Bertz CT molecular complexity index is 573. The standard InChI is InChI=1S/C13H13FN2O4/c1-20-13(19)9-5-8(14)2-3-10(9)16-12(18)7-4-11(17)15-6-7/h2-3,5,7H,4,6H2,1H3,(H,15,17)(H,16,18). The van der Waals surface area contributed by atoms with Crippen molar-refractivity contribution < 1.29 is 23.5 Å². The van der Waals surface area contributed by atoms with Crippen molar-refractivity contribution in [1.29, 1.82) is 0 Å². The number of benzene rings is 1. The number of amides is 2.